The van der Waals surface area contributed by atoms with Gasteiger partial charge in [-0.3, -0.25) is 4.90 Å². The van der Waals surface area contributed by atoms with Crippen molar-refractivity contribution >= 4 is 5.70 Å². The molecule has 0 radical (unpaired) electrons. The Bertz CT molecular complexity index is 661. The quantitative estimate of drug-likeness (QED) is 0.538. The minimum Gasteiger partial charge on any atom is -0.341 e. The Kier molecular flexibility index (Phi) is 7.71. The molecule has 0 fully saturated rings. The van der Waals surface area contributed by atoms with Crippen LogP contribution in [0.5, 0.6) is 0 Å². The highest BCUT2D eigenvalue weighted by Crippen LogP contribution is 2.29. The zero-order chi connectivity index (χ0) is 19.1. The summed E-state index contributed by atoms with van der Waals surface area (Å²) in [5, 5.41) is 0. The number of benzene rings is 1. The monoisotopic (exact) mass is 352 g/mol. The van der Waals surface area contributed by atoms with Crippen LogP contribution >= 0.6 is 0 Å². The molecular formula is C24H36N2. The molecule has 0 unspecified atom stereocenters. The van der Waals surface area contributed by atoms with Crippen LogP contribution in [0.2, 0.25) is 0 Å². The number of allylic oxidation sites excluding steroid dienone is 3. The summed E-state index contributed by atoms with van der Waals surface area (Å²) in [5.74, 6) is 0.596. The van der Waals surface area contributed by atoms with E-state index < -0.39 is 0 Å². The maximum atomic E-state index is 4.24. The lowest BCUT2D eigenvalue weighted by Gasteiger charge is -2.32. The summed E-state index contributed by atoms with van der Waals surface area (Å²) < 4.78 is 0. The molecule has 2 rings (SSSR count). The first-order chi connectivity index (χ1) is 12.5. The summed E-state index contributed by atoms with van der Waals surface area (Å²) in [5.41, 5.74) is 6.45. The molecule has 2 nitrogen and oxygen atoms in total. The first-order valence-electron chi connectivity index (χ1n) is 10.1. The van der Waals surface area contributed by atoms with Crippen molar-refractivity contribution in [3.8, 4) is 0 Å². The zero-order valence-corrected chi connectivity index (χ0v) is 17.4. The van der Waals surface area contributed by atoms with Crippen LogP contribution in [-0.2, 0) is 6.54 Å². The first kappa shape index (κ1) is 20.5. The maximum absolute atomic E-state index is 4.24. The fraction of sp³-hybridized carbons (Fsp3) is 0.500. The second-order valence-electron chi connectivity index (χ2n) is 7.82. The molecule has 0 saturated heterocycles. The van der Waals surface area contributed by atoms with Crippen LogP contribution in [0.3, 0.4) is 0 Å². The summed E-state index contributed by atoms with van der Waals surface area (Å²) in [6.45, 7) is 19.9. The normalized spacial score (nSPS) is 14.5. The van der Waals surface area contributed by atoms with Gasteiger partial charge in [0.2, 0.25) is 0 Å². The van der Waals surface area contributed by atoms with E-state index in [2.05, 4.69) is 87.4 Å². The van der Waals surface area contributed by atoms with Gasteiger partial charge in [0.1, 0.15) is 0 Å². The van der Waals surface area contributed by atoms with Gasteiger partial charge in [-0.2, -0.15) is 0 Å². The average Bonchev–Trinajstić information content (AvgIpc) is 2.58. The number of hydrogen-bond acceptors (Lipinski definition) is 2. The summed E-state index contributed by atoms with van der Waals surface area (Å²) in [6.07, 6.45) is 8.85. The van der Waals surface area contributed by atoms with E-state index in [0.29, 0.717) is 5.92 Å². The van der Waals surface area contributed by atoms with Crippen LogP contribution in [0.15, 0.2) is 48.7 Å². The molecular weight excluding hydrogens is 316 g/mol. The van der Waals surface area contributed by atoms with Gasteiger partial charge in [0, 0.05) is 24.5 Å². The summed E-state index contributed by atoms with van der Waals surface area (Å²) in [4.78, 5) is 4.91. The Hall–Kier alpha value is -1.80. The molecule has 1 aromatic carbocycles. The molecule has 0 aromatic heterocycles. The summed E-state index contributed by atoms with van der Waals surface area (Å²) >= 11 is 0. The van der Waals surface area contributed by atoms with Crippen LogP contribution < -0.4 is 0 Å². The van der Waals surface area contributed by atoms with Crippen molar-refractivity contribution in [2.24, 2.45) is 5.92 Å². The molecule has 1 aromatic rings. The zero-order valence-electron chi connectivity index (χ0n) is 17.4. The molecule has 0 amide bonds. The van der Waals surface area contributed by atoms with Crippen LogP contribution in [0, 0.1) is 12.8 Å². The average molecular weight is 353 g/mol. The molecule has 1 aliphatic rings. The van der Waals surface area contributed by atoms with E-state index in [1.807, 2.05) is 0 Å². The largest absolute Gasteiger partial charge is 0.341 e. The van der Waals surface area contributed by atoms with E-state index in [1.165, 1.54) is 48.3 Å². The molecule has 0 bridgehead atoms. The molecule has 142 valence electrons. The fourth-order valence-corrected chi connectivity index (χ4v) is 3.59. The summed E-state index contributed by atoms with van der Waals surface area (Å²) in [7, 11) is 0. The van der Waals surface area contributed by atoms with Gasteiger partial charge in [0.15, 0.2) is 0 Å². The van der Waals surface area contributed by atoms with E-state index >= 15 is 0 Å². The van der Waals surface area contributed by atoms with Crippen molar-refractivity contribution in [3.05, 3.63) is 65.4 Å². The molecule has 1 aliphatic heterocycles. The van der Waals surface area contributed by atoms with Gasteiger partial charge in [-0.05, 0) is 73.7 Å². The Morgan fingerprint density at radius 1 is 1.12 bits per heavy atom. The molecule has 2 heteroatoms. The molecule has 0 saturated carbocycles. The van der Waals surface area contributed by atoms with Gasteiger partial charge in [-0.25, -0.2) is 0 Å². The van der Waals surface area contributed by atoms with Gasteiger partial charge in [-0.1, -0.05) is 52.5 Å². The van der Waals surface area contributed by atoms with Crippen molar-refractivity contribution in [2.75, 3.05) is 19.6 Å². The highest BCUT2D eigenvalue weighted by atomic mass is 15.1. The number of rotatable bonds is 9. The van der Waals surface area contributed by atoms with E-state index in [0.717, 1.165) is 18.8 Å². The van der Waals surface area contributed by atoms with Crippen molar-refractivity contribution in [1.29, 1.82) is 0 Å². The standard InChI is InChI=1S/C24H36N2/c1-7-14-25(15-8-2)18-23-13-12-22(16-20(23)5)24-11-9-10-21(6)26(24)17-19(3)4/h9-13,16,19H,6-8,14-15,17-18H2,1-5H3. The first-order valence-corrected chi connectivity index (χ1v) is 10.1. The lowest BCUT2D eigenvalue weighted by molar-refractivity contribution is 0.266. The van der Waals surface area contributed by atoms with Crippen molar-refractivity contribution in [3.63, 3.8) is 0 Å². The fourth-order valence-electron chi connectivity index (χ4n) is 3.59. The van der Waals surface area contributed by atoms with Crippen molar-refractivity contribution in [1.82, 2.24) is 9.80 Å². The van der Waals surface area contributed by atoms with Gasteiger partial charge >= 0.3 is 0 Å². The summed E-state index contributed by atoms with van der Waals surface area (Å²) in [6, 6.07) is 6.94. The van der Waals surface area contributed by atoms with Gasteiger partial charge < -0.3 is 4.90 Å². The minimum atomic E-state index is 0.596. The van der Waals surface area contributed by atoms with Crippen molar-refractivity contribution in [2.45, 2.75) is 54.0 Å². The Labute approximate surface area is 160 Å². The predicted molar refractivity (Wildman–Crippen MR) is 115 cm³/mol. The van der Waals surface area contributed by atoms with Crippen LogP contribution in [0.1, 0.15) is 57.2 Å². The smallest absolute Gasteiger partial charge is 0.0484 e. The maximum Gasteiger partial charge on any atom is 0.0484 e. The van der Waals surface area contributed by atoms with Crippen LogP contribution in [0.4, 0.5) is 0 Å². The number of hydrogen-bond donors (Lipinski definition) is 0. The molecule has 0 aliphatic carbocycles. The second kappa shape index (κ2) is 9.78. The van der Waals surface area contributed by atoms with Gasteiger partial charge in [0.05, 0.1) is 0 Å². The van der Waals surface area contributed by atoms with Crippen LogP contribution in [0.25, 0.3) is 5.70 Å². The number of aryl methyl sites for hydroxylation is 1. The van der Waals surface area contributed by atoms with Crippen molar-refractivity contribution < 1.29 is 0 Å². The third-order valence-corrected chi connectivity index (χ3v) is 4.84. The molecule has 1 heterocycles. The Morgan fingerprint density at radius 3 is 2.38 bits per heavy atom. The highest BCUT2D eigenvalue weighted by Gasteiger charge is 2.18. The van der Waals surface area contributed by atoms with Crippen LogP contribution in [-0.4, -0.2) is 29.4 Å². The molecule has 0 atom stereocenters. The second-order valence-corrected chi connectivity index (χ2v) is 7.82. The van der Waals surface area contributed by atoms with Gasteiger partial charge in [0.25, 0.3) is 0 Å². The Morgan fingerprint density at radius 2 is 1.81 bits per heavy atom. The van der Waals surface area contributed by atoms with E-state index in [-0.39, 0.29) is 0 Å². The van der Waals surface area contributed by atoms with E-state index in [9.17, 15) is 0 Å². The predicted octanol–water partition coefficient (Wildman–Crippen LogP) is 6.00. The molecule has 0 spiro atoms. The Balaban J connectivity index is 2.23. The SMILES string of the molecule is C=C1C=CC=C(c2ccc(CN(CCC)CCC)c(C)c2)N1CC(C)C. The highest BCUT2D eigenvalue weighted by molar-refractivity contribution is 5.70. The van der Waals surface area contributed by atoms with E-state index in [4.69, 9.17) is 0 Å². The molecule has 26 heavy (non-hydrogen) atoms. The lowest BCUT2D eigenvalue weighted by Crippen LogP contribution is -2.26. The van der Waals surface area contributed by atoms with E-state index in [1.54, 1.807) is 0 Å². The third-order valence-electron chi connectivity index (χ3n) is 4.84. The minimum absolute atomic E-state index is 0.596. The number of nitrogens with zero attached hydrogens (tertiary/aromatic N) is 2. The topological polar surface area (TPSA) is 6.48 Å². The lowest BCUT2D eigenvalue weighted by atomic mass is 9.99. The van der Waals surface area contributed by atoms with Gasteiger partial charge in [-0.15, -0.1) is 0 Å². The third kappa shape index (κ3) is 5.35. The molecule has 0 N–H and O–H groups in total.